The number of rotatable bonds is 1. The number of imidazole rings is 1. The second kappa shape index (κ2) is 10.3. The number of hydrogen-bond acceptors (Lipinski definition) is 0. The molecule has 0 spiro atoms. The average Bonchev–Trinajstić information content (AvgIpc) is 3.74. The molecule has 2 heteroatoms. The average molecular weight is 659 g/mol. The van der Waals surface area contributed by atoms with Gasteiger partial charge in [0, 0.05) is 11.1 Å². The quantitative estimate of drug-likeness (QED) is 0.166. The number of nitrogens with zero attached hydrogens (tertiary/aromatic N) is 2. The molecule has 0 saturated heterocycles. The fourth-order valence-corrected chi connectivity index (χ4v) is 9.32. The minimum absolute atomic E-state index is 1.15. The molecule has 10 aromatic rings. The molecule has 0 amide bonds. The molecule has 2 aliphatic carbocycles. The Morgan fingerprint density at radius 3 is 1.23 bits per heavy atom. The van der Waals surface area contributed by atoms with E-state index in [2.05, 4.69) is 191 Å². The molecule has 2 heterocycles. The van der Waals surface area contributed by atoms with Gasteiger partial charge in [0.2, 0.25) is 0 Å². The van der Waals surface area contributed by atoms with Crippen LogP contribution in [0, 0.1) is 0 Å². The van der Waals surface area contributed by atoms with Gasteiger partial charge in [0.05, 0.1) is 16.6 Å². The van der Waals surface area contributed by atoms with Crippen LogP contribution in [0.5, 0.6) is 0 Å². The minimum Gasteiger partial charge on any atom is -0.294 e. The third kappa shape index (κ3) is 3.63. The third-order valence-corrected chi connectivity index (χ3v) is 11.4. The van der Waals surface area contributed by atoms with Gasteiger partial charge in [-0.3, -0.25) is 8.97 Å². The van der Waals surface area contributed by atoms with Gasteiger partial charge >= 0.3 is 0 Å². The van der Waals surface area contributed by atoms with E-state index < -0.39 is 0 Å². The molecule has 0 aliphatic heterocycles. The standard InChI is InChI=1S/C50H30N2/c1-8-24-45-31(13-1)29-48-51(46-25-9-10-26-47(46)52(45)48)32-27-28-39-43-23-12-21-41-36-17-5-3-15-34(36)33-14-2-4-16-35(33)40-20-11-22-42(49(40)50(41)43)37-18-6-7-19-38(37)44(39)30-32/h1-30H. The zero-order chi connectivity index (χ0) is 33.9. The van der Waals surface area contributed by atoms with Crippen LogP contribution in [0.2, 0.25) is 0 Å². The maximum absolute atomic E-state index is 2.44. The Labute approximate surface area is 299 Å². The topological polar surface area (TPSA) is 9.34 Å². The Balaban J connectivity index is 1.34. The van der Waals surface area contributed by atoms with Crippen molar-refractivity contribution in [1.29, 1.82) is 0 Å². The smallest absolute Gasteiger partial charge is 0.123 e. The van der Waals surface area contributed by atoms with Crippen LogP contribution in [0.4, 0.5) is 0 Å². The van der Waals surface area contributed by atoms with Crippen LogP contribution >= 0.6 is 0 Å². The van der Waals surface area contributed by atoms with Crippen molar-refractivity contribution in [3.63, 3.8) is 0 Å². The van der Waals surface area contributed by atoms with E-state index >= 15 is 0 Å². The van der Waals surface area contributed by atoms with E-state index in [-0.39, 0.29) is 0 Å². The van der Waals surface area contributed by atoms with Crippen molar-refractivity contribution in [3.8, 4) is 16.8 Å². The van der Waals surface area contributed by atoms with Crippen LogP contribution in [0.25, 0.3) is 109 Å². The lowest BCUT2D eigenvalue weighted by molar-refractivity contribution is 1.15. The molecule has 0 unspecified atom stereocenters. The highest BCUT2D eigenvalue weighted by atomic mass is 15.1. The molecule has 52 heavy (non-hydrogen) atoms. The lowest BCUT2D eigenvalue weighted by Crippen LogP contribution is -1.95. The normalized spacial score (nSPS) is 12.2. The summed E-state index contributed by atoms with van der Waals surface area (Å²) < 4.78 is 4.84. The van der Waals surface area contributed by atoms with Crippen molar-refractivity contribution in [2.45, 2.75) is 0 Å². The van der Waals surface area contributed by atoms with Gasteiger partial charge in [0.15, 0.2) is 0 Å². The molecule has 0 radical (unpaired) electrons. The van der Waals surface area contributed by atoms with Crippen LogP contribution in [-0.2, 0) is 0 Å². The molecule has 2 aliphatic rings. The summed E-state index contributed by atoms with van der Waals surface area (Å²) in [5, 5.41) is 16.3. The van der Waals surface area contributed by atoms with Crippen LogP contribution in [0.1, 0.15) is 0 Å². The van der Waals surface area contributed by atoms with Crippen LogP contribution in [0.3, 0.4) is 0 Å². The molecule has 0 saturated carbocycles. The molecule has 8 aromatic carbocycles. The second-order valence-corrected chi connectivity index (χ2v) is 14.0. The highest BCUT2D eigenvalue weighted by Crippen LogP contribution is 2.47. The third-order valence-electron chi connectivity index (χ3n) is 11.4. The summed E-state index contributed by atoms with van der Waals surface area (Å²) >= 11 is 0. The van der Waals surface area contributed by atoms with E-state index in [4.69, 9.17) is 0 Å². The molecular weight excluding hydrogens is 629 g/mol. The van der Waals surface area contributed by atoms with Gasteiger partial charge in [0.25, 0.3) is 0 Å². The lowest BCUT2D eigenvalue weighted by atomic mass is 9.84. The summed E-state index contributed by atoms with van der Waals surface area (Å²) in [6.07, 6.45) is 0. The molecule has 0 bridgehead atoms. The van der Waals surface area contributed by atoms with Gasteiger partial charge in [-0.15, -0.1) is 0 Å². The van der Waals surface area contributed by atoms with Crippen molar-refractivity contribution < 1.29 is 0 Å². The summed E-state index contributed by atoms with van der Waals surface area (Å²) in [6, 6.07) is 67.6. The van der Waals surface area contributed by atoms with Crippen molar-refractivity contribution in [2.75, 3.05) is 0 Å². The Kier molecular flexibility index (Phi) is 5.53. The number of benzene rings is 8. The van der Waals surface area contributed by atoms with E-state index in [1.165, 1.54) is 97.7 Å². The Morgan fingerprint density at radius 1 is 0.269 bits per heavy atom. The molecule has 0 N–H and O–H groups in total. The zero-order valence-electron chi connectivity index (χ0n) is 28.2. The first-order valence-electron chi connectivity index (χ1n) is 18.0. The molecule has 0 atom stereocenters. The van der Waals surface area contributed by atoms with E-state index in [0.29, 0.717) is 0 Å². The molecule has 12 rings (SSSR count). The molecule has 2 aromatic heterocycles. The first-order valence-corrected chi connectivity index (χ1v) is 18.0. The van der Waals surface area contributed by atoms with Crippen molar-refractivity contribution in [1.82, 2.24) is 8.97 Å². The number of aromatic nitrogens is 2. The Morgan fingerprint density at radius 2 is 0.673 bits per heavy atom. The molecular formula is C50H30N2. The monoisotopic (exact) mass is 658 g/mol. The second-order valence-electron chi connectivity index (χ2n) is 14.0. The summed E-state index contributed by atoms with van der Waals surface area (Å²) in [7, 11) is 0. The molecule has 0 fully saturated rings. The van der Waals surface area contributed by atoms with E-state index in [1.54, 1.807) is 0 Å². The Bertz CT molecular complexity index is 3470. The van der Waals surface area contributed by atoms with E-state index in [0.717, 1.165) is 11.3 Å². The molecule has 240 valence electrons. The highest BCUT2D eigenvalue weighted by molar-refractivity contribution is 6.31. The predicted octanol–water partition coefficient (Wildman–Crippen LogP) is 13.6. The summed E-state index contributed by atoms with van der Waals surface area (Å²) in [5.41, 5.74) is 8.53. The SMILES string of the molecule is c1ccc2c(c1)cc1n(-c3ccc4c5cccc6c5-c5c(cccc5c5ccccc5c4c3)c3ccccc3c3ccccc63)c3ccccc3n21. The van der Waals surface area contributed by atoms with Gasteiger partial charge < -0.3 is 0 Å². The lowest BCUT2D eigenvalue weighted by Gasteiger charge is -2.19. The van der Waals surface area contributed by atoms with Gasteiger partial charge in [-0.05, 0) is 112 Å². The fourth-order valence-electron chi connectivity index (χ4n) is 9.32. The predicted molar refractivity (Wildman–Crippen MR) is 222 cm³/mol. The van der Waals surface area contributed by atoms with Crippen molar-refractivity contribution in [2.24, 2.45) is 0 Å². The van der Waals surface area contributed by atoms with E-state index in [9.17, 15) is 0 Å². The zero-order valence-corrected chi connectivity index (χ0v) is 28.2. The largest absolute Gasteiger partial charge is 0.294 e. The fraction of sp³-hybridized carbons (Fsp3) is 0. The first-order chi connectivity index (χ1) is 25.8. The first kappa shape index (κ1) is 27.9. The number of para-hydroxylation sites is 3. The van der Waals surface area contributed by atoms with Crippen LogP contribution in [0.15, 0.2) is 182 Å². The summed E-state index contributed by atoms with van der Waals surface area (Å²) in [6.45, 7) is 0. The van der Waals surface area contributed by atoms with Gasteiger partial charge in [-0.1, -0.05) is 146 Å². The van der Waals surface area contributed by atoms with Gasteiger partial charge in [-0.25, -0.2) is 0 Å². The maximum atomic E-state index is 2.44. The van der Waals surface area contributed by atoms with Crippen LogP contribution in [-0.4, -0.2) is 8.97 Å². The Hall–Kier alpha value is -6.90. The summed E-state index contributed by atoms with van der Waals surface area (Å²) in [5.74, 6) is 0. The highest BCUT2D eigenvalue weighted by Gasteiger charge is 2.21. The summed E-state index contributed by atoms with van der Waals surface area (Å²) in [4.78, 5) is 0. The minimum atomic E-state index is 1.15. The van der Waals surface area contributed by atoms with Gasteiger partial charge in [0.1, 0.15) is 5.65 Å². The van der Waals surface area contributed by atoms with E-state index in [1.807, 2.05) is 0 Å². The maximum Gasteiger partial charge on any atom is 0.123 e. The number of fused-ring (bicyclic) bond motifs is 15. The van der Waals surface area contributed by atoms with Crippen molar-refractivity contribution in [3.05, 3.63) is 182 Å². The number of hydrogen-bond donors (Lipinski definition) is 0. The van der Waals surface area contributed by atoms with Crippen LogP contribution < -0.4 is 0 Å². The van der Waals surface area contributed by atoms with Crippen molar-refractivity contribution >= 4 is 92.2 Å². The molecule has 2 nitrogen and oxygen atoms in total. The van der Waals surface area contributed by atoms with Gasteiger partial charge in [-0.2, -0.15) is 0 Å².